The molecule has 2 N–H and O–H groups in total. The molecule has 1 aromatic carbocycles. The Morgan fingerprint density at radius 2 is 1.93 bits per heavy atom. The normalized spacial score (nSPS) is 21.9. The van der Waals surface area contributed by atoms with Crippen LogP contribution in [-0.4, -0.2) is 23.3 Å². The standard InChI is InChI=1S/C19H14ClF4N3O/c1-18(8-16(19(22,23)24)28-17(25)27-18)14-7-11(4-5-15(14)21)2-3-12-6-13(20)10-26-9-12/h4-7,9-10,16H,8H2,1H3,(H2,25,27)/t16-,18-/m0/s1. The molecular weight excluding hydrogens is 398 g/mol. The summed E-state index contributed by atoms with van der Waals surface area (Å²) in [5.74, 6) is 4.93. The van der Waals surface area contributed by atoms with Gasteiger partial charge in [0.15, 0.2) is 6.10 Å². The second-order valence-electron chi connectivity index (χ2n) is 6.41. The first-order valence-corrected chi connectivity index (χ1v) is 8.46. The van der Waals surface area contributed by atoms with Gasteiger partial charge in [-0.2, -0.15) is 13.2 Å². The molecule has 0 saturated heterocycles. The Morgan fingerprint density at radius 3 is 2.61 bits per heavy atom. The van der Waals surface area contributed by atoms with Gasteiger partial charge in [0.25, 0.3) is 6.02 Å². The van der Waals surface area contributed by atoms with Crippen LogP contribution in [-0.2, 0) is 10.3 Å². The zero-order valence-corrected chi connectivity index (χ0v) is 15.3. The van der Waals surface area contributed by atoms with Crippen molar-refractivity contribution in [2.24, 2.45) is 10.7 Å². The molecule has 9 heteroatoms. The van der Waals surface area contributed by atoms with Crippen LogP contribution in [0.2, 0.25) is 5.02 Å². The fourth-order valence-corrected chi connectivity index (χ4v) is 3.03. The van der Waals surface area contributed by atoms with Gasteiger partial charge in [-0.05, 0) is 31.2 Å². The van der Waals surface area contributed by atoms with Crippen LogP contribution < -0.4 is 5.73 Å². The second kappa shape index (κ2) is 7.32. The summed E-state index contributed by atoms with van der Waals surface area (Å²) >= 11 is 5.85. The van der Waals surface area contributed by atoms with Crippen LogP contribution in [0, 0.1) is 17.7 Å². The van der Waals surface area contributed by atoms with Gasteiger partial charge in [-0.15, -0.1) is 0 Å². The average molecular weight is 412 g/mol. The number of rotatable bonds is 1. The first-order valence-electron chi connectivity index (χ1n) is 8.08. The Bertz CT molecular complexity index is 997. The van der Waals surface area contributed by atoms with Crippen molar-refractivity contribution in [3.8, 4) is 11.8 Å². The zero-order chi connectivity index (χ0) is 20.5. The Balaban J connectivity index is 1.99. The number of alkyl halides is 3. The van der Waals surface area contributed by atoms with E-state index in [1.54, 1.807) is 6.07 Å². The van der Waals surface area contributed by atoms with Crippen LogP contribution in [0.15, 0.2) is 41.7 Å². The summed E-state index contributed by atoms with van der Waals surface area (Å²) in [6.07, 6.45) is -4.49. The predicted molar refractivity (Wildman–Crippen MR) is 96.1 cm³/mol. The van der Waals surface area contributed by atoms with Gasteiger partial charge in [-0.3, -0.25) is 4.98 Å². The smallest absolute Gasteiger partial charge is 0.425 e. The molecule has 2 aromatic rings. The molecular formula is C19H14ClF4N3O. The molecule has 0 unspecified atom stereocenters. The average Bonchev–Trinajstić information content (AvgIpc) is 2.59. The third-order valence-electron chi connectivity index (χ3n) is 4.17. The van der Waals surface area contributed by atoms with Crippen LogP contribution in [0.25, 0.3) is 0 Å². The van der Waals surface area contributed by atoms with Crippen molar-refractivity contribution in [3.05, 3.63) is 64.2 Å². The summed E-state index contributed by atoms with van der Waals surface area (Å²) in [5.41, 5.74) is 4.75. The maximum atomic E-state index is 14.5. The van der Waals surface area contributed by atoms with Crippen molar-refractivity contribution in [1.82, 2.24) is 4.98 Å². The molecule has 0 radical (unpaired) electrons. The SMILES string of the molecule is C[C@@]1(c2cc(C#Cc3cncc(Cl)c3)ccc2F)C[C@@H](C(F)(F)F)OC(N)=N1. The fraction of sp³-hybridized carbons (Fsp3) is 0.263. The minimum atomic E-state index is -4.66. The zero-order valence-electron chi connectivity index (χ0n) is 14.5. The lowest BCUT2D eigenvalue weighted by molar-refractivity contribution is -0.208. The van der Waals surface area contributed by atoms with Crippen LogP contribution in [0.4, 0.5) is 17.6 Å². The summed E-state index contributed by atoms with van der Waals surface area (Å²) in [4.78, 5) is 7.84. The highest BCUT2D eigenvalue weighted by Crippen LogP contribution is 2.40. The quantitative estimate of drug-likeness (QED) is 0.566. The molecule has 0 saturated carbocycles. The van der Waals surface area contributed by atoms with Gasteiger partial charge in [-0.25, -0.2) is 9.38 Å². The molecule has 1 aliphatic rings. The van der Waals surface area contributed by atoms with Crippen molar-refractivity contribution in [2.75, 3.05) is 0 Å². The fourth-order valence-electron chi connectivity index (χ4n) is 2.86. The largest absolute Gasteiger partial charge is 0.452 e. The molecule has 146 valence electrons. The van der Waals surface area contributed by atoms with Crippen molar-refractivity contribution in [2.45, 2.75) is 31.2 Å². The maximum absolute atomic E-state index is 14.5. The summed E-state index contributed by atoms with van der Waals surface area (Å²) < 4.78 is 58.4. The Kier molecular flexibility index (Phi) is 5.22. The molecule has 0 amide bonds. The maximum Gasteiger partial charge on any atom is 0.425 e. The van der Waals surface area contributed by atoms with Crippen molar-refractivity contribution < 1.29 is 22.3 Å². The Labute approximate surface area is 163 Å². The van der Waals surface area contributed by atoms with E-state index in [1.165, 1.54) is 31.5 Å². The number of aliphatic imine (C=N–C) groups is 1. The molecule has 0 aliphatic carbocycles. The van der Waals surface area contributed by atoms with Crippen LogP contribution >= 0.6 is 11.6 Å². The topological polar surface area (TPSA) is 60.5 Å². The van der Waals surface area contributed by atoms with Gasteiger partial charge < -0.3 is 10.5 Å². The van der Waals surface area contributed by atoms with Crippen LogP contribution in [0.1, 0.15) is 30.0 Å². The minimum Gasteiger partial charge on any atom is -0.452 e. The first kappa shape index (κ1) is 20.0. The Hall–Kier alpha value is -2.79. The number of hydrogen-bond donors (Lipinski definition) is 1. The molecule has 2 heterocycles. The number of benzene rings is 1. The van der Waals surface area contributed by atoms with Gasteiger partial charge >= 0.3 is 6.18 Å². The number of pyridine rings is 1. The minimum absolute atomic E-state index is 0.0518. The van der Waals surface area contributed by atoms with E-state index in [2.05, 4.69) is 26.6 Å². The number of nitrogens with zero attached hydrogens (tertiary/aromatic N) is 2. The first-order chi connectivity index (χ1) is 13.1. The summed E-state index contributed by atoms with van der Waals surface area (Å²) in [6.45, 7) is 1.37. The summed E-state index contributed by atoms with van der Waals surface area (Å²) in [5, 5.41) is 0.407. The third kappa shape index (κ3) is 4.37. The van der Waals surface area contributed by atoms with Crippen LogP contribution in [0.3, 0.4) is 0 Å². The number of ether oxygens (including phenoxy) is 1. The van der Waals surface area contributed by atoms with Crippen LogP contribution in [0.5, 0.6) is 0 Å². The van der Waals surface area contributed by atoms with Crippen molar-refractivity contribution in [3.63, 3.8) is 0 Å². The lowest BCUT2D eigenvalue weighted by atomic mass is 9.84. The number of nitrogens with two attached hydrogens (primary N) is 1. The Morgan fingerprint density at radius 1 is 1.21 bits per heavy atom. The molecule has 0 bridgehead atoms. The molecule has 3 rings (SSSR count). The summed E-state index contributed by atoms with van der Waals surface area (Å²) in [7, 11) is 0. The third-order valence-corrected chi connectivity index (χ3v) is 4.38. The lowest BCUT2D eigenvalue weighted by Gasteiger charge is -2.35. The van der Waals surface area contributed by atoms with Crippen molar-refractivity contribution in [1.29, 1.82) is 0 Å². The summed E-state index contributed by atoms with van der Waals surface area (Å²) in [6, 6.07) is 4.86. The van der Waals surface area contributed by atoms with E-state index in [0.717, 1.165) is 6.07 Å². The van der Waals surface area contributed by atoms with E-state index in [-0.39, 0.29) is 5.56 Å². The highest BCUT2D eigenvalue weighted by atomic mass is 35.5. The van der Waals surface area contributed by atoms with E-state index in [1.807, 2.05) is 0 Å². The monoisotopic (exact) mass is 411 g/mol. The van der Waals surface area contributed by atoms with Crippen molar-refractivity contribution >= 4 is 17.6 Å². The van der Waals surface area contributed by atoms with Gasteiger partial charge in [0.1, 0.15) is 5.82 Å². The molecule has 2 atom stereocenters. The van der Waals surface area contributed by atoms with Gasteiger partial charge in [-0.1, -0.05) is 23.4 Å². The molecule has 28 heavy (non-hydrogen) atoms. The number of aromatic nitrogens is 1. The number of halogens is 5. The highest BCUT2D eigenvalue weighted by molar-refractivity contribution is 6.30. The van der Waals surface area contributed by atoms with E-state index < -0.39 is 36.1 Å². The number of amidine groups is 1. The molecule has 1 aliphatic heterocycles. The second-order valence-corrected chi connectivity index (χ2v) is 6.85. The van der Waals surface area contributed by atoms with Gasteiger partial charge in [0.2, 0.25) is 0 Å². The molecule has 0 spiro atoms. The molecule has 0 fully saturated rings. The van der Waals surface area contributed by atoms with E-state index in [0.29, 0.717) is 16.1 Å². The molecule has 4 nitrogen and oxygen atoms in total. The van der Waals surface area contributed by atoms with Gasteiger partial charge in [0, 0.05) is 35.5 Å². The molecule has 1 aromatic heterocycles. The lowest BCUT2D eigenvalue weighted by Crippen LogP contribution is -2.46. The van der Waals surface area contributed by atoms with Gasteiger partial charge in [0.05, 0.1) is 10.6 Å². The van der Waals surface area contributed by atoms with E-state index >= 15 is 0 Å². The van der Waals surface area contributed by atoms with E-state index in [4.69, 9.17) is 17.3 Å². The number of hydrogen-bond acceptors (Lipinski definition) is 4. The van der Waals surface area contributed by atoms with E-state index in [9.17, 15) is 17.6 Å². The predicted octanol–water partition coefficient (Wildman–Crippen LogP) is 4.16. The highest BCUT2D eigenvalue weighted by Gasteiger charge is 2.50.